The Morgan fingerprint density at radius 2 is 1.83 bits per heavy atom. The standard InChI is InChI=1S/C42H52N4O8/c1-8-11-12-16-19-32(44-40(50)54-41(4,5)6)38(48)46-26-30(23-35(46)37(47)45-42(25-28(42)9-2)39(49)52-10-3)53-36-24-33(27-17-14-13-15-18-27)43-34-22-29(51-7)20-21-31(34)36/h8-9,13-15,17-18,20-22,24,28,30,32,35H,1-2,10-12,16,19,23,25-26H2,3-7H3,(H,44,50)(H,45,47)/t28?,30-,32+,35+,42-/m1/s1. The van der Waals surface area contributed by atoms with Crippen LogP contribution in [0.15, 0.2) is 79.9 Å². The summed E-state index contributed by atoms with van der Waals surface area (Å²) in [6.07, 6.45) is 4.93. The lowest BCUT2D eigenvalue weighted by Gasteiger charge is -2.30. The van der Waals surface area contributed by atoms with Gasteiger partial charge in [-0.3, -0.25) is 9.59 Å². The van der Waals surface area contributed by atoms with Crippen molar-refractivity contribution in [1.29, 1.82) is 0 Å². The van der Waals surface area contributed by atoms with Crippen molar-refractivity contribution in [3.8, 4) is 22.8 Å². The maximum absolute atomic E-state index is 14.6. The fourth-order valence-corrected chi connectivity index (χ4v) is 6.82. The molecule has 2 fully saturated rings. The molecule has 12 nitrogen and oxygen atoms in total. The number of ether oxygens (including phenoxy) is 4. The lowest BCUT2D eigenvalue weighted by Crippen LogP contribution is -2.56. The van der Waals surface area contributed by atoms with Crippen LogP contribution in [0.3, 0.4) is 0 Å². The Hall–Kier alpha value is -5.39. The molecule has 0 bridgehead atoms. The van der Waals surface area contributed by atoms with Crippen molar-refractivity contribution in [3.63, 3.8) is 0 Å². The Bertz CT molecular complexity index is 1860. The van der Waals surface area contributed by atoms with Crippen molar-refractivity contribution >= 4 is 34.8 Å². The summed E-state index contributed by atoms with van der Waals surface area (Å²) in [5.41, 5.74) is 0.136. The third-order valence-electron chi connectivity index (χ3n) is 9.62. The maximum atomic E-state index is 14.6. The number of hydrogen-bond acceptors (Lipinski definition) is 9. The lowest BCUT2D eigenvalue weighted by molar-refractivity contribution is -0.150. The van der Waals surface area contributed by atoms with E-state index in [4.69, 9.17) is 23.9 Å². The minimum absolute atomic E-state index is 0.0357. The summed E-state index contributed by atoms with van der Waals surface area (Å²) in [7, 11) is 1.59. The second kappa shape index (κ2) is 17.2. The number of nitrogens with one attached hydrogen (secondary N) is 2. The molecular weight excluding hydrogens is 688 g/mol. The summed E-state index contributed by atoms with van der Waals surface area (Å²) in [6, 6.07) is 15.0. The van der Waals surface area contributed by atoms with E-state index in [-0.39, 0.29) is 25.5 Å². The summed E-state index contributed by atoms with van der Waals surface area (Å²) in [5, 5.41) is 6.42. The van der Waals surface area contributed by atoms with Crippen molar-refractivity contribution in [2.45, 2.75) is 95.5 Å². The zero-order valence-electron chi connectivity index (χ0n) is 31.9. The predicted octanol–water partition coefficient (Wildman–Crippen LogP) is 6.52. The second-order valence-electron chi connectivity index (χ2n) is 14.7. The van der Waals surface area contributed by atoms with Gasteiger partial charge in [-0.2, -0.15) is 0 Å². The van der Waals surface area contributed by atoms with Crippen molar-refractivity contribution in [2.24, 2.45) is 5.92 Å². The van der Waals surface area contributed by atoms with E-state index >= 15 is 0 Å². The average molecular weight is 741 g/mol. The zero-order chi connectivity index (χ0) is 39.0. The van der Waals surface area contributed by atoms with Crippen LogP contribution in [-0.2, 0) is 23.9 Å². The van der Waals surface area contributed by atoms with E-state index in [1.165, 1.54) is 4.90 Å². The number of esters is 1. The maximum Gasteiger partial charge on any atom is 0.408 e. The molecule has 2 N–H and O–H groups in total. The molecule has 3 amide bonds. The quantitative estimate of drug-likeness (QED) is 0.0953. The van der Waals surface area contributed by atoms with Gasteiger partial charge < -0.3 is 34.5 Å². The van der Waals surface area contributed by atoms with E-state index in [1.807, 2.05) is 54.6 Å². The largest absolute Gasteiger partial charge is 0.497 e. The molecule has 0 radical (unpaired) electrons. The molecule has 1 saturated carbocycles. The molecule has 2 aromatic carbocycles. The highest BCUT2D eigenvalue weighted by Gasteiger charge is 2.62. The number of fused-ring (bicyclic) bond motifs is 1. The van der Waals surface area contributed by atoms with Crippen LogP contribution in [-0.4, -0.2) is 83.3 Å². The van der Waals surface area contributed by atoms with Crippen LogP contribution >= 0.6 is 0 Å². The fraction of sp³-hybridized carbons (Fsp3) is 0.452. The van der Waals surface area contributed by atoms with Gasteiger partial charge in [0.05, 0.1) is 31.5 Å². The molecule has 0 spiro atoms. The first kappa shape index (κ1) is 39.8. The van der Waals surface area contributed by atoms with Crippen LogP contribution in [0.1, 0.15) is 66.2 Å². The number of pyridine rings is 1. The van der Waals surface area contributed by atoms with Gasteiger partial charge in [-0.1, -0.05) is 48.9 Å². The molecule has 1 saturated heterocycles. The average Bonchev–Trinajstić information content (AvgIpc) is 3.70. The number of alkyl carbamates (subject to hydrolysis) is 1. The van der Waals surface area contributed by atoms with E-state index in [9.17, 15) is 19.2 Å². The number of carbonyl (C=O) groups excluding carboxylic acids is 4. The molecule has 12 heteroatoms. The van der Waals surface area contributed by atoms with Gasteiger partial charge >= 0.3 is 12.1 Å². The van der Waals surface area contributed by atoms with E-state index in [1.54, 1.807) is 47.0 Å². The smallest absolute Gasteiger partial charge is 0.408 e. The number of unbranched alkanes of at least 4 members (excludes halogenated alkanes) is 2. The molecule has 5 atom stereocenters. The summed E-state index contributed by atoms with van der Waals surface area (Å²) in [6.45, 7) is 14.7. The number of aromatic nitrogens is 1. The minimum atomic E-state index is -1.27. The Morgan fingerprint density at radius 3 is 2.48 bits per heavy atom. The number of amides is 3. The molecule has 2 heterocycles. The topological polar surface area (TPSA) is 145 Å². The van der Waals surface area contributed by atoms with Crippen LogP contribution in [0.5, 0.6) is 11.5 Å². The van der Waals surface area contributed by atoms with Gasteiger partial charge in [0.25, 0.3) is 0 Å². The summed E-state index contributed by atoms with van der Waals surface area (Å²) in [5.74, 6) is -0.702. The third kappa shape index (κ3) is 9.39. The molecule has 2 aliphatic rings. The van der Waals surface area contributed by atoms with Crippen LogP contribution in [0.4, 0.5) is 4.79 Å². The Balaban J connectivity index is 1.49. The van der Waals surface area contributed by atoms with Crippen molar-refractivity contribution in [1.82, 2.24) is 20.5 Å². The predicted molar refractivity (Wildman–Crippen MR) is 206 cm³/mol. The number of carbonyl (C=O) groups is 4. The first-order valence-electron chi connectivity index (χ1n) is 18.6. The first-order valence-corrected chi connectivity index (χ1v) is 18.6. The highest BCUT2D eigenvalue weighted by molar-refractivity contribution is 5.97. The van der Waals surface area contributed by atoms with E-state index in [0.29, 0.717) is 42.0 Å². The number of hydrogen-bond donors (Lipinski definition) is 2. The molecular formula is C42H52N4O8. The summed E-state index contributed by atoms with van der Waals surface area (Å²) in [4.78, 5) is 61.3. The molecule has 288 valence electrons. The van der Waals surface area contributed by atoms with Crippen LogP contribution in [0, 0.1) is 5.92 Å². The Labute approximate surface area is 317 Å². The third-order valence-corrected chi connectivity index (χ3v) is 9.62. The summed E-state index contributed by atoms with van der Waals surface area (Å²) < 4.78 is 23.1. The number of benzene rings is 2. The Kier molecular flexibility index (Phi) is 12.7. The lowest BCUT2D eigenvalue weighted by atomic mass is 10.1. The van der Waals surface area contributed by atoms with E-state index in [0.717, 1.165) is 23.8 Å². The normalized spacial score (nSPS) is 21.1. The fourth-order valence-electron chi connectivity index (χ4n) is 6.82. The van der Waals surface area contributed by atoms with Crippen LogP contribution < -0.4 is 20.1 Å². The van der Waals surface area contributed by atoms with Gasteiger partial charge in [0.2, 0.25) is 11.8 Å². The van der Waals surface area contributed by atoms with Gasteiger partial charge in [0.15, 0.2) is 0 Å². The highest BCUT2D eigenvalue weighted by Crippen LogP contribution is 2.46. The number of likely N-dealkylation sites (tertiary alicyclic amines) is 1. The first-order chi connectivity index (χ1) is 25.8. The van der Waals surface area contributed by atoms with Crippen LogP contribution in [0.25, 0.3) is 22.2 Å². The summed E-state index contributed by atoms with van der Waals surface area (Å²) >= 11 is 0. The molecule has 54 heavy (non-hydrogen) atoms. The second-order valence-corrected chi connectivity index (χ2v) is 14.7. The van der Waals surface area contributed by atoms with Gasteiger partial charge in [0, 0.05) is 35.4 Å². The van der Waals surface area contributed by atoms with Gasteiger partial charge in [0.1, 0.15) is 40.8 Å². The molecule has 1 unspecified atom stereocenters. The van der Waals surface area contributed by atoms with Crippen molar-refractivity contribution in [3.05, 3.63) is 79.9 Å². The van der Waals surface area contributed by atoms with Gasteiger partial charge in [-0.25, -0.2) is 14.6 Å². The van der Waals surface area contributed by atoms with Gasteiger partial charge in [-0.15, -0.1) is 13.2 Å². The monoisotopic (exact) mass is 740 g/mol. The number of nitrogens with zero attached hydrogens (tertiary/aromatic N) is 2. The van der Waals surface area contributed by atoms with Gasteiger partial charge in [-0.05, 0) is 65.5 Å². The minimum Gasteiger partial charge on any atom is -0.497 e. The molecule has 1 aliphatic carbocycles. The van der Waals surface area contributed by atoms with Crippen molar-refractivity contribution < 1.29 is 38.1 Å². The van der Waals surface area contributed by atoms with Crippen molar-refractivity contribution in [2.75, 3.05) is 20.3 Å². The molecule has 1 aliphatic heterocycles. The van der Waals surface area contributed by atoms with E-state index < -0.39 is 53.2 Å². The van der Waals surface area contributed by atoms with E-state index in [2.05, 4.69) is 23.8 Å². The zero-order valence-corrected chi connectivity index (χ0v) is 31.9. The Morgan fingerprint density at radius 1 is 1.07 bits per heavy atom. The number of rotatable bonds is 16. The molecule has 5 rings (SSSR count). The number of allylic oxidation sites excluding steroid dienone is 1. The molecule has 1 aromatic heterocycles. The SMILES string of the molecule is C=CCCCC[C@H](NC(=O)OC(C)(C)C)C(=O)N1C[C@H](Oc2cc(-c3ccccc3)nc3cc(OC)ccc23)C[C@H]1C(=O)N[C@]1(C(=O)OCC)CC1C=C. The molecule has 3 aromatic rings. The highest BCUT2D eigenvalue weighted by atomic mass is 16.6. The van der Waals surface area contributed by atoms with Crippen LogP contribution in [0.2, 0.25) is 0 Å². The number of methoxy groups -OCH3 is 1.